The Morgan fingerprint density at radius 2 is 1.96 bits per heavy atom. The summed E-state index contributed by atoms with van der Waals surface area (Å²) in [6.45, 7) is 0. The fourth-order valence-corrected chi connectivity index (χ4v) is 3.05. The molecule has 0 saturated carbocycles. The molecule has 27 heavy (non-hydrogen) atoms. The largest absolute Gasteiger partial charge is 0.493 e. The predicted molar refractivity (Wildman–Crippen MR) is 96.2 cm³/mol. The normalized spacial score (nSPS) is 10.4. The van der Waals surface area contributed by atoms with Crippen molar-refractivity contribution in [3.05, 3.63) is 64.5 Å². The molecule has 0 radical (unpaired) electrons. The van der Waals surface area contributed by atoms with E-state index in [9.17, 15) is 14.9 Å². The van der Waals surface area contributed by atoms with Crippen LogP contribution >= 0.6 is 11.8 Å². The number of carbonyl (C=O) groups is 1. The maximum Gasteiger partial charge on any atom is 0.343 e. The zero-order valence-electron chi connectivity index (χ0n) is 14.4. The van der Waals surface area contributed by atoms with Crippen molar-refractivity contribution >= 4 is 23.4 Å². The number of aryl methyl sites for hydroxylation is 1. The first-order chi connectivity index (χ1) is 13.0. The Labute approximate surface area is 158 Å². The maximum absolute atomic E-state index is 12.4. The van der Waals surface area contributed by atoms with Crippen LogP contribution in [0.3, 0.4) is 0 Å². The molecule has 2 aromatic carbocycles. The van der Waals surface area contributed by atoms with Gasteiger partial charge in [-0.3, -0.25) is 10.1 Å². The molecule has 0 aliphatic heterocycles. The molecule has 0 spiro atoms. The molecule has 9 nitrogen and oxygen atoms in total. The number of nitro groups is 1. The number of carbonyl (C=O) groups excluding carboxylic acids is 1. The Balaban J connectivity index is 1.88. The van der Waals surface area contributed by atoms with Gasteiger partial charge in [0.2, 0.25) is 0 Å². The number of nitrogens with zero attached hydrogens (tertiary/aromatic N) is 4. The first-order valence-electron chi connectivity index (χ1n) is 7.65. The summed E-state index contributed by atoms with van der Waals surface area (Å²) in [5.74, 6) is -0.113. The summed E-state index contributed by atoms with van der Waals surface area (Å²) < 4.78 is 12.1. The van der Waals surface area contributed by atoms with Gasteiger partial charge in [0.25, 0.3) is 5.69 Å². The molecule has 0 saturated heterocycles. The quantitative estimate of drug-likeness (QED) is 0.275. The average molecular weight is 386 g/mol. The molecule has 138 valence electrons. The first-order valence-corrected chi connectivity index (χ1v) is 8.46. The summed E-state index contributed by atoms with van der Waals surface area (Å²) in [5.41, 5.74) is -0.174. The van der Waals surface area contributed by atoms with Crippen molar-refractivity contribution in [2.75, 3.05) is 7.11 Å². The fraction of sp³-hybridized carbons (Fsp3) is 0.118. The van der Waals surface area contributed by atoms with Crippen LogP contribution in [0, 0.1) is 10.1 Å². The number of esters is 1. The van der Waals surface area contributed by atoms with Gasteiger partial charge >= 0.3 is 5.97 Å². The monoisotopic (exact) mass is 386 g/mol. The predicted octanol–water partition coefficient (Wildman–Crippen LogP) is 3.10. The van der Waals surface area contributed by atoms with Crippen LogP contribution in [0.15, 0.2) is 58.8 Å². The molecule has 10 heteroatoms. The molecule has 0 aliphatic rings. The molecule has 1 heterocycles. The Kier molecular flexibility index (Phi) is 5.36. The lowest BCUT2D eigenvalue weighted by Gasteiger charge is -2.09. The van der Waals surface area contributed by atoms with Crippen LogP contribution in [0.5, 0.6) is 11.5 Å². The lowest BCUT2D eigenvalue weighted by Crippen LogP contribution is -2.10. The maximum atomic E-state index is 12.4. The van der Waals surface area contributed by atoms with Crippen molar-refractivity contribution in [2.24, 2.45) is 7.05 Å². The van der Waals surface area contributed by atoms with E-state index in [2.05, 4.69) is 10.2 Å². The molecule has 0 fully saturated rings. The third kappa shape index (κ3) is 4.06. The third-order valence-electron chi connectivity index (χ3n) is 3.53. The lowest BCUT2D eigenvalue weighted by atomic mass is 10.2. The van der Waals surface area contributed by atoms with Crippen molar-refractivity contribution in [3.8, 4) is 11.5 Å². The van der Waals surface area contributed by atoms with Crippen molar-refractivity contribution in [1.82, 2.24) is 14.8 Å². The zero-order chi connectivity index (χ0) is 19.4. The number of nitro benzene ring substituents is 1. The number of ether oxygens (including phenoxy) is 2. The van der Waals surface area contributed by atoms with E-state index in [-0.39, 0.29) is 17.0 Å². The molecule has 0 aliphatic carbocycles. The van der Waals surface area contributed by atoms with E-state index in [0.29, 0.717) is 15.8 Å². The van der Waals surface area contributed by atoms with Crippen LogP contribution in [0.4, 0.5) is 5.69 Å². The molecule has 0 N–H and O–H groups in total. The smallest absolute Gasteiger partial charge is 0.343 e. The van der Waals surface area contributed by atoms with E-state index >= 15 is 0 Å². The van der Waals surface area contributed by atoms with E-state index in [4.69, 9.17) is 9.47 Å². The number of rotatable bonds is 6. The number of aromatic nitrogens is 3. The highest BCUT2D eigenvalue weighted by Crippen LogP contribution is 2.34. The lowest BCUT2D eigenvalue weighted by molar-refractivity contribution is -0.387. The average Bonchev–Trinajstić information content (AvgIpc) is 3.07. The summed E-state index contributed by atoms with van der Waals surface area (Å²) in [6, 6.07) is 10.8. The molecule has 0 unspecified atom stereocenters. The number of hydrogen-bond donors (Lipinski definition) is 0. The number of benzene rings is 2. The van der Waals surface area contributed by atoms with Crippen molar-refractivity contribution in [3.63, 3.8) is 0 Å². The molecule has 3 aromatic rings. The van der Waals surface area contributed by atoms with Gasteiger partial charge in [-0.1, -0.05) is 12.1 Å². The molecule has 0 bridgehead atoms. The van der Waals surface area contributed by atoms with Crippen molar-refractivity contribution < 1.29 is 19.2 Å². The molecule has 3 rings (SSSR count). The first kappa shape index (κ1) is 18.4. The van der Waals surface area contributed by atoms with Crippen LogP contribution in [0.2, 0.25) is 0 Å². The highest BCUT2D eigenvalue weighted by molar-refractivity contribution is 7.99. The Morgan fingerprint density at radius 1 is 1.22 bits per heavy atom. The van der Waals surface area contributed by atoms with Gasteiger partial charge < -0.3 is 14.0 Å². The third-order valence-corrected chi connectivity index (χ3v) is 4.65. The van der Waals surface area contributed by atoms with E-state index in [1.165, 1.54) is 31.6 Å². The van der Waals surface area contributed by atoms with Crippen LogP contribution in [-0.4, -0.2) is 32.8 Å². The van der Waals surface area contributed by atoms with Gasteiger partial charge in [-0.05, 0) is 36.0 Å². The Hall–Kier alpha value is -3.40. The second-order valence-corrected chi connectivity index (χ2v) is 6.32. The Morgan fingerprint density at radius 3 is 2.59 bits per heavy atom. The van der Waals surface area contributed by atoms with Gasteiger partial charge in [0.05, 0.1) is 22.5 Å². The van der Waals surface area contributed by atoms with Crippen LogP contribution in [-0.2, 0) is 7.05 Å². The van der Waals surface area contributed by atoms with E-state index in [1.807, 2.05) is 0 Å². The van der Waals surface area contributed by atoms with Gasteiger partial charge in [0, 0.05) is 13.1 Å². The zero-order valence-corrected chi connectivity index (χ0v) is 15.2. The number of methoxy groups -OCH3 is 1. The van der Waals surface area contributed by atoms with Gasteiger partial charge in [-0.15, -0.1) is 10.2 Å². The van der Waals surface area contributed by atoms with E-state index in [1.54, 1.807) is 35.9 Å². The van der Waals surface area contributed by atoms with Crippen LogP contribution < -0.4 is 9.47 Å². The second kappa shape index (κ2) is 7.87. The highest BCUT2D eigenvalue weighted by Gasteiger charge is 2.21. The minimum Gasteiger partial charge on any atom is -0.493 e. The second-order valence-electron chi connectivity index (χ2n) is 5.31. The van der Waals surface area contributed by atoms with E-state index < -0.39 is 10.9 Å². The Bertz CT molecular complexity index is 1000. The SMILES string of the molecule is COc1ccccc1OC(=O)c1ccc(Sc2nncn2C)c([N+](=O)[O-])c1. The topological polar surface area (TPSA) is 109 Å². The van der Waals surface area contributed by atoms with Gasteiger partial charge in [0.15, 0.2) is 16.7 Å². The van der Waals surface area contributed by atoms with E-state index in [0.717, 1.165) is 11.8 Å². The molecule has 0 atom stereocenters. The number of para-hydroxylation sites is 2. The minimum absolute atomic E-state index is 0.0509. The van der Waals surface area contributed by atoms with Crippen LogP contribution in [0.25, 0.3) is 0 Å². The standard InChI is InChI=1S/C17H14N4O5S/c1-20-10-18-19-17(20)27-15-8-7-11(9-12(15)21(23)24)16(22)26-14-6-4-3-5-13(14)25-2/h3-10H,1-2H3. The summed E-state index contributed by atoms with van der Waals surface area (Å²) >= 11 is 1.08. The van der Waals surface area contributed by atoms with Gasteiger partial charge in [0.1, 0.15) is 6.33 Å². The van der Waals surface area contributed by atoms with Crippen molar-refractivity contribution in [2.45, 2.75) is 10.1 Å². The molecular formula is C17H14N4O5S. The summed E-state index contributed by atoms with van der Waals surface area (Å²) in [4.78, 5) is 23.6. The highest BCUT2D eigenvalue weighted by atomic mass is 32.2. The summed E-state index contributed by atoms with van der Waals surface area (Å²) in [5, 5.41) is 19.6. The minimum atomic E-state index is -0.724. The van der Waals surface area contributed by atoms with Gasteiger partial charge in [-0.25, -0.2) is 4.79 Å². The molecule has 0 amide bonds. The van der Waals surface area contributed by atoms with Crippen molar-refractivity contribution in [1.29, 1.82) is 0 Å². The summed E-state index contributed by atoms with van der Waals surface area (Å²) in [7, 11) is 3.18. The van der Waals surface area contributed by atoms with Gasteiger partial charge in [-0.2, -0.15) is 0 Å². The number of hydrogen-bond acceptors (Lipinski definition) is 8. The molecular weight excluding hydrogens is 372 g/mol. The molecule has 1 aromatic heterocycles. The summed E-state index contributed by atoms with van der Waals surface area (Å²) in [6.07, 6.45) is 1.49. The fourth-order valence-electron chi connectivity index (χ4n) is 2.20. The van der Waals surface area contributed by atoms with Crippen LogP contribution in [0.1, 0.15) is 10.4 Å².